The summed E-state index contributed by atoms with van der Waals surface area (Å²) in [6, 6.07) is 17.4. The molecule has 0 fully saturated rings. The smallest absolute Gasteiger partial charge is 0.118 e. The molecule has 2 aromatic rings. The van der Waals surface area contributed by atoms with Crippen molar-refractivity contribution in [3.63, 3.8) is 0 Å². The van der Waals surface area contributed by atoms with Gasteiger partial charge < -0.3 is 14.6 Å². The summed E-state index contributed by atoms with van der Waals surface area (Å²) in [7, 11) is 1.64. The van der Waals surface area contributed by atoms with Crippen LogP contribution in [0.5, 0.6) is 5.75 Å². The second-order valence-corrected chi connectivity index (χ2v) is 4.84. The molecular weight excluding hydrogens is 276 g/mol. The third kappa shape index (κ3) is 5.61. The van der Waals surface area contributed by atoms with Crippen LogP contribution in [0.1, 0.15) is 17.5 Å². The molecule has 2 rings (SSSR count). The maximum atomic E-state index is 9.81. The third-order valence-electron chi connectivity index (χ3n) is 3.12. The summed E-state index contributed by atoms with van der Waals surface area (Å²) in [6.07, 6.45) is -0.174. The summed E-state index contributed by atoms with van der Waals surface area (Å²) >= 11 is 0. The van der Waals surface area contributed by atoms with Gasteiger partial charge in [-0.05, 0) is 29.8 Å². The zero-order chi connectivity index (χ0) is 15.6. The van der Waals surface area contributed by atoms with E-state index >= 15 is 0 Å². The molecule has 0 saturated heterocycles. The van der Waals surface area contributed by atoms with Gasteiger partial charge in [-0.1, -0.05) is 42.2 Å². The van der Waals surface area contributed by atoms with Crippen molar-refractivity contribution in [2.45, 2.75) is 19.1 Å². The van der Waals surface area contributed by atoms with E-state index in [0.29, 0.717) is 19.6 Å². The molecule has 1 atom stereocenters. The number of aliphatic hydroxyl groups is 1. The highest BCUT2D eigenvalue weighted by Gasteiger charge is 2.00. The summed E-state index contributed by atoms with van der Waals surface area (Å²) < 4.78 is 10.6. The molecule has 0 unspecified atom stereocenters. The molecule has 2 aromatic carbocycles. The van der Waals surface area contributed by atoms with Crippen molar-refractivity contribution in [2.75, 3.05) is 13.7 Å². The fourth-order valence-corrected chi connectivity index (χ4v) is 1.87. The number of ether oxygens (including phenoxy) is 2. The highest BCUT2D eigenvalue weighted by molar-refractivity contribution is 5.34. The van der Waals surface area contributed by atoms with E-state index in [4.69, 9.17) is 9.47 Å². The topological polar surface area (TPSA) is 38.7 Å². The molecule has 0 aliphatic heterocycles. The lowest BCUT2D eigenvalue weighted by Gasteiger charge is -2.06. The number of benzene rings is 2. The van der Waals surface area contributed by atoms with Gasteiger partial charge in [-0.2, -0.15) is 0 Å². The van der Waals surface area contributed by atoms with Crippen molar-refractivity contribution in [3.05, 3.63) is 65.7 Å². The Morgan fingerprint density at radius 1 is 1.05 bits per heavy atom. The van der Waals surface area contributed by atoms with Crippen molar-refractivity contribution in [3.8, 4) is 17.6 Å². The Labute approximate surface area is 131 Å². The number of aliphatic hydroxyl groups excluding tert-OH is 1. The van der Waals surface area contributed by atoms with Crippen LogP contribution in [0.2, 0.25) is 0 Å². The number of methoxy groups -OCH3 is 1. The maximum Gasteiger partial charge on any atom is 0.118 e. The highest BCUT2D eigenvalue weighted by Crippen LogP contribution is 2.12. The van der Waals surface area contributed by atoms with Crippen LogP contribution in [0.3, 0.4) is 0 Å². The average molecular weight is 296 g/mol. The van der Waals surface area contributed by atoms with Crippen molar-refractivity contribution in [2.24, 2.45) is 0 Å². The molecule has 0 spiro atoms. The molecule has 0 amide bonds. The Bertz CT molecular complexity index is 609. The first-order chi connectivity index (χ1) is 10.8. The molecule has 114 valence electrons. The number of rotatable bonds is 6. The predicted molar refractivity (Wildman–Crippen MR) is 86.6 cm³/mol. The van der Waals surface area contributed by atoms with E-state index < -0.39 is 6.10 Å². The van der Waals surface area contributed by atoms with Crippen LogP contribution in [-0.4, -0.2) is 24.9 Å². The fraction of sp³-hybridized carbons (Fsp3) is 0.263. The van der Waals surface area contributed by atoms with Crippen molar-refractivity contribution in [1.82, 2.24) is 0 Å². The fourth-order valence-electron chi connectivity index (χ4n) is 1.87. The Hall–Kier alpha value is -2.28. The van der Waals surface area contributed by atoms with Gasteiger partial charge >= 0.3 is 0 Å². The van der Waals surface area contributed by atoms with E-state index in [9.17, 15) is 5.11 Å². The zero-order valence-corrected chi connectivity index (χ0v) is 12.7. The van der Waals surface area contributed by atoms with Crippen molar-refractivity contribution < 1.29 is 14.6 Å². The van der Waals surface area contributed by atoms with Gasteiger partial charge in [0.1, 0.15) is 11.9 Å². The van der Waals surface area contributed by atoms with E-state index in [0.717, 1.165) is 16.9 Å². The predicted octanol–water partition coefficient (Wildman–Crippen LogP) is 3.01. The third-order valence-corrected chi connectivity index (χ3v) is 3.12. The summed E-state index contributed by atoms with van der Waals surface area (Å²) in [5.41, 5.74) is 1.98. The molecule has 0 heterocycles. The van der Waals surface area contributed by atoms with E-state index in [1.165, 1.54) is 0 Å². The first-order valence-corrected chi connectivity index (χ1v) is 7.23. The number of hydrogen-bond donors (Lipinski definition) is 1. The molecule has 3 nitrogen and oxygen atoms in total. The lowest BCUT2D eigenvalue weighted by atomic mass is 10.2. The molecule has 0 bridgehead atoms. The summed E-state index contributed by atoms with van der Waals surface area (Å²) in [6.45, 7) is 0.986. The zero-order valence-electron chi connectivity index (χ0n) is 12.7. The van der Waals surface area contributed by atoms with E-state index in [-0.39, 0.29) is 0 Å². The maximum absolute atomic E-state index is 9.81. The minimum absolute atomic E-state index is 0.469. The molecule has 0 aliphatic rings. The van der Waals surface area contributed by atoms with Crippen molar-refractivity contribution in [1.29, 1.82) is 0 Å². The quantitative estimate of drug-likeness (QED) is 0.658. The Balaban J connectivity index is 1.68. The van der Waals surface area contributed by atoms with Crippen LogP contribution < -0.4 is 4.74 Å². The Morgan fingerprint density at radius 3 is 2.45 bits per heavy atom. The molecule has 1 N–H and O–H groups in total. The highest BCUT2D eigenvalue weighted by atomic mass is 16.5. The summed E-state index contributed by atoms with van der Waals surface area (Å²) in [4.78, 5) is 0. The number of hydrogen-bond acceptors (Lipinski definition) is 3. The van der Waals surface area contributed by atoms with Crippen LogP contribution >= 0.6 is 0 Å². The van der Waals surface area contributed by atoms with Crippen LogP contribution in [0.25, 0.3) is 0 Å². The molecule has 0 radical (unpaired) electrons. The standard InChI is InChI=1S/C19H20O3/c1-21-19-11-8-17(9-12-19)15-22-14-13-18(20)10-7-16-5-3-2-4-6-16/h2-6,8-9,11-12,18,20H,13-15H2,1H3/t18-/m0/s1. The van der Waals surface area contributed by atoms with Crippen LogP contribution in [-0.2, 0) is 11.3 Å². The van der Waals surface area contributed by atoms with Gasteiger partial charge in [0, 0.05) is 12.0 Å². The van der Waals surface area contributed by atoms with Gasteiger partial charge in [0.2, 0.25) is 0 Å². The lowest BCUT2D eigenvalue weighted by Crippen LogP contribution is -2.08. The van der Waals surface area contributed by atoms with Crippen LogP contribution in [0, 0.1) is 11.8 Å². The molecule has 0 saturated carbocycles. The van der Waals surface area contributed by atoms with E-state index in [1.54, 1.807) is 7.11 Å². The van der Waals surface area contributed by atoms with Crippen LogP contribution in [0.15, 0.2) is 54.6 Å². The first kappa shape index (κ1) is 16.1. The van der Waals surface area contributed by atoms with E-state index in [1.807, 2.05) is 54.6 Å². The van der Waals surface area contributed by atoms with Gasteiger partial charge in [-0.3, -0.25) is 0 Å². The largest absolute Gasteiger partial charge is 0.497 e. The summed E-state index contributed by atoms with van der Waals surface area (Å²) in [5.74, 6) is 6.60. The van der Waals surface area contributed by atoms with Gasteiger partial charge in [0.25, 0.3) is 0 Å². The Morgan fingerprint density at radius 2 is 1.77 bits per heavy atom. The average Bonchev–Trinajstić information content (AvgIpc) is 2.58. The minimum Gasteiger partial charge on any atom is -0.497 e. The second kappa shape index (κ2) is 8.89. The van der Waals surface area contributed by atoms with Gasteiger partial charge in [0.05, 0.1) is 20.3 Å². The SMILES string of the molecule is COc1ccc(COCC[C@@H](O)C#Cc2ccccc2)cc1. The van der Waals surface area contributed by atoms with Gasteiger partial charge in [-0.25, -0.2) is 0 Å². The van der Waals surface area contributed by atoms with Gasteiger partial charge in [0.15, 0.2) is 0 Å². The van der Waals surface area contributed by atoms with Crippen LogP contribution in [0.4, 0.5) is 0 Å². The van der Waals surface area contributed by atoms with Crippen molar-refractivity contribution >= 4 is 0 Å². The molecule has 0 aliphatic carbocycles. The minimum atomic E-state index is -0.670. The second-order valence-electron chi connectivity index (χ2n) is 4.84. The lowest BCUT2D eigenvalue weighted by molar-refractivity contribution is 0.0906. The first-order valence-electron chi connectivity index (χ1n) is 7.23. The van der Waals surface area contributed by atoms with Gasteiger partial charge in [-0.15, -0.1) is 0 Å². The molecule has 0 aromatic heterocycles. The molecular formula is C19H20O3. The summed E-state index contributed by atoms with van der Waals surface area (Å²) in [5, 5.41) is 9.81. The monoisotopic (exact) mass is 296 g/mol. The van der Waals surface area contributed by atoms with E-state index in [2.05, 4.69) is 11.8 Å². The normalized spacial score (nSPS) is 11.4. The molecule has 3 heteroatoms. The Kier molecular flexibility index (Phi) is 6.50. The molecule has 22 heavy (non-hydrogen) atoms.